The molecule has 1 aromatic carbocycles. The number of benzene rings is 1. The number of carbonyl (C=O) groups excluding carboxylic acids is 1. The van der Waals surface area contributed by atoms with Gasteiger partial charge in [0.05, 0.1) is 0 Å². The zero-order valence-electron chi connectivity index (χ0n) is 13.5. The predicted octanol–water partition coefficient (Wildman–Crippen LogP) is 4.20. The summed E-state index contributed by atoms with van der Waals surface area (Å²) in [4.78, 5) is 11.8. The lowest BCUT2D eigenvalue weighted by molar-refractivity contribution is -0.382. The normalized spacial score (nSPS) is 18.9. The molecule has 1 aliphatic rings. The average molecular weight is 444 g/mol. The molecule has 0 aliphatic heterocycles. The molecule has 1 aromatic rings. The lowest BCUT2D eigenvalue weighted by Crippen LogP contribution is -2.63. The minimum Gasteiger partial charge on any atom is -0.378 e. The summed E-state index contributed by atoms with van der Waals surface area (Å²) >= 11 is 0. The van der Waals surface area contributed by atoms with Gasteiger partial charge in [0.2, 0.25) is 0 Å². The predicted molar refractivity (Wildman–Crippen MR) is 74.1 cm³/mol. The third-order valence-electron chi connectivity index (χ3n) is 3.99. The van der Waals surface area contributed by atoms with Crippen LogP contribution >= 0.6 is 0 Å². The SMILES string of the molecule is CC1Cc2c(OS(=O)(=O)C(F)(F)C(F)(F)C(F)(F)C(F)(F)F)cccc2C1=O. The van der Waals surface area contributed by atoms with E-state index in [1.807, 2.05) is 0 Å². The quantitative estimate of drug-likeness (QED) is 0.505. The second-order valence-electron chi connectivity index (χ2n) is 5.95. The molecule has 2 rings (SSSR count). The Labute approximate surface area is 151 Å². The Morgan fingerprint density at radius 2 is 1.50 bits per heavy atom. The molecule has 0 saturated carbocycles. The topological polar surface area (TPSA) is 60.4 Å². The van der Waals surface area contributed by atoms with E-state index in [0.717, 1.165) is 12.1 Å². The Balaban J connectivity index is 2.50. The Hall–Kier alpha value is -1.99. The minimum absolute atomic E-state index is 0.184. The fourth-order valence-electron chi connectivity index (χ4n) is 2.44. The van der Waals surface area contributed by atoms with Crippen molar-refractivity contribution in [3.8, 4) is 5.75 Å². The van der Waals surface area contributed by atoms with Crippen LogP contribution in [0.4, 0.5) is 39.5 Å². The molecule has 0 amide bonds. The van der Waals surface area contributed by atoms with E-state index >= 15 is 0 Å². The van der Waals surface area contributed by atoms with Crippen LogP contribution in [0.15, 0.2) is 18.2 Å². The second-order valence-corrected chi connectivity index (χ2v) is 7.54. The van der Waals surface area contributed by atoms with Gasteiger partial charge in [-0.05, 0) is 12.5 Å². The van der Waals surface area contributed by atoms with Gasteiger partial charge in [0.15, 0.2) is 5.78 Å². The van der Waals surface area contributed by atoms with Crippen LogP contribution in [0.1, 0.15) is 22.8 Å². The third kappa shape index (κ3) is 3.01. The zero-order chi connectivity index (χ0) is 21.9. The van der Waals surface area contributed by atoms with Crippen molar-refractivity contribution in [1.82, 2.24) is 0 Å². The number of hydrogen-bond acceptors (Lipinski definition) is 4. The van der Waals surface area contributed by atoms with Crippen LogP contribution in [-0.2, 0) is 16.5 Å². The van der Waals surface area contributed by atoms with E-state index in [1.54, 1.807) is 0 Å². The van der Waals surface area contributed by atoms with Crippen molar-refractivity contribution in [3.05, 3.63) is 29.3 Å². The van der Waals surface area contributed by atoms with Crippen LogP contribution in [0, 0.1) is 5.92 Å². The van der Waals surface area contributed by atoms with Crippen molar-refractivity contribution in [3.63, 3.8) is 0 Å². The summed E-state index contributed by atoms with van der Waals surface area (Å²) in [6.07, 6.45) is -7.42. The summed E-state index contributed by atoms with van der Waals surface area (Å²) in [7, 11) is -7.05. The first-order chi connectivity index (χ1) is 12.4. The first kappa shape index (κ1) is 22.3. The third-order valence-corrected chi connectivity index (χ3v) is 5.27. The molecule has 0 radical (unpaired) electrons. The molecule has 1 unspecified atom stereocenters. The van der Waals surface area contributed by atoms with Crippen LogP contribution in [0.25, 0.3) is 0 Å². The first-order valence-corrected chi connectivity index (χ1v) is 8.59. The Bertz CT molecular complexity index is 906. The van der Waals surface area contributed by atoms with Gasteiger partial charge in [-0.25, -0.2) is 0 Å². The fraction of sp³-hybridized carbons (Fsp3) is 0.500. The molecule has 28 heavy (non-hydrogen) atoms. The first-order valence-electron chi connectivity index (χ1n) is 7.19. The second kappa shape index (κ2) is 6.26. The van der Waals surface area contributed by atoms with Gasteiger partial charge < -0.3 is 4.18 Å². The number of rotatable bonds is 5. The molecule has 0 fully saturated rings. The van der Waals surface area contributed by atoms with Gasteiger partial charge in [-0.1, -0.05) is 19.1 Å². The summed E-state index contributed by atoms with van der Waals surface area (Å²) < 4.78 is 143. The highest BCUT2D eigenvalue weighted by Gasteiger charge is 2.86. The summed E-state index contributed by atoms with van der Waals surface area (Å²) in [5, 5.41) is -6.96. The van der Waals surface area contributed by atoms with Crippen LogP contribution in [0.5, 0.6) is 5.75 Å². The van der Waals surface area contributed by atoms with E-state index in [2.05, 4.69) is 4.18 Å². The largest absolute Gasteiger partial charge is 0.460 e. The molecular formula is C14H9F9O4S. The zero-order valence-corrected chi connectivity index (χ0v) is 14.3. The van der Waals surface area contributed by atoms with Crippen molar-refractivity contribution >= 4 is 15.9 Å². The molecule has 1 aliphatic carbocycles. The molecule has 0 aromatic heterocycles. The highest BCUT2D eigenvalue weighted by molar-refractivity contribution is 7.88. The highest BCUT2D eigenvalue weighted by Crippen LogP contribution is 2.55. The molecule has 158 valence electrons. The molecule has 0 N–H and O–H groups in total. The summed E-state index contributed by atoms with van der Waals surface area (Å²) in [6.45, 7) is 1.37. The monoisotopic (exact) mass is 444 g/mol. The van der Waals surface area contributed by atoms with Gasteiger partial charge in [-0.2, -0.15) is 47.9 Å². The number of ketones is 1. The van der Waals surface area contributed by atoms with Crippen molar-refractivity contribution in [2.75, 3.05) is 0 Å². The van der Waals surface area contributed by atoms with E-state index in [4.69, 9.17) is 0 Å². The van der Waals surface area contributed by atoms with Crippen molar-refractivity contribution < 1.29 is 56.9 Å². The van der Waals surface area contributed by atoms with Crippen molar-refractivity contribution in [2.24, 2.45) is 5.92 Å². The Morgan fingerprint density at radius 1 is 0.964 bits per heavy atom. The molecule has 0 bridgehead atoms. The molecule has 4 nitrogen and oxygen atoms in total. The molecule has 1 atom stereocenters. The van der Waals surface area contributed by atoms with Gasteiger partial charge in [0.25, 0.3) is 0 Å². The molecule has 0 heterocycles. The standard InChI is InChI=1S/C14H9F9O4S/c1-6-5-8-7(10(6)24)3-2-4-9(8)27-28(25,26)14(22,23)12(17,18)11(15,16)13(19,20)21/h2-4,6H,5H2,1H3. The minimum atomic E-state index is -7.39. The summed E-state index contributed by atoms with van der Waals surface area (Å²) in [5.74, 6) is -17.1. The maximum absolute atomic E-state index is 13.7. The van der Waals surface area contributed by atoms with E-state index in [9.17, 15) is 52.7 Å². The van der Waals surface area contributed by atoms with Crippen molar-refractivity contribution in [1.29, 1.82) is 0 Å². The smallest absolute Gasteiger partial charge is 0.378 e. The lowest BCUT2D eigenvalue weighted by Gasteiger charge is -2.32. The summed E-state index contributed by atoms with van der Waals surface area (Å²) in [5.41, 5.74) is -0.471. The molecule has 14 heteroatoms. The Morgan fingerprint density at radius 3 is 2.00 bits per heavy atom. The highest BCUT2D eigenvalue weighted by atomic mass is 32.2. The number of hydrogen-bond donors (Lipinski definition) is 0. The number of carbonyl (C=O) groups is 1. The number of halogens is 9. The number of alkyl halides is 9. The lowest BCUT2D eigenvalue weighted by atomic mass is 10.1. The van der Waals surface area contributed by atoms with Gasteiger partial charge in [-0.15, -0.1) is 0 Å². The maximum Gasteiger partial charge on any atom is 0.460 e. The van der Waals surface area contributed by atoms with E-state index in [1.165, 1.54) is 6.92 Å². The van der Waals surface area contributed by atoms with Gasteiger partial charge in [0, 0.05) is 17.0 Å². The molecule has 0 spiro atoms. The molecule has 0 saturated heterocycles. The van der Waals surface area contributed by atoms with Crippen LogP contribution in [-0.4, -0.2) is 37.5 Å². The van der Waals surface area contributed by atoms with E-state index in [0.29, 0.717) is 6.07 Å². The van der Waals surface area contributed by atoms with Crippen LogP contribution in [0.3, 0.4) is 0 Å². The van der Waals surface area contributed by atoms with Gasteiger partial charge in [0.1, 0.15) is 5.75 Å². The fourth-order valence-corrected chi connectivity index (χ4v) is 3.38. The Kier molecular flexibility index (Phi) is 4.98. The van der Waals surface area contributed by atoms with Crippen LogP contribution < -0.4 is 4.18 Å². The summed E-state index contributed by atoms with van der Waals surface area (Å²) in [6, 6.07) is 2.74. The van der Waals surface area contributed by atoms with Gasteiger partial charge >= 0.3 is 33.4 Å². The number of Topliss-reactive ketones (excluding diaryl/α,β-unsaturated/α-hetero) is 1. The number of fused-ring (bicyclic) bond motifs is 1. The van der Waals surface area contributed by atoms with Gasteiger partial charge in [-0.3, -0.25) is 4.79 Å². The van der Waals surface area contributed by atoms with E-state index < -0.39 is 50.8 Å². The van der Waals surface area contributed by atoms with Crippen molar-refractivity contribution in [2.45, 2.75) is 36.6 Å². The van der Waals surface area contributed by atoms with E-state index in [-0.39, 0.29) is 17.5 Å². The van der Waals surface area contributed by atoms with Crippen LogP contribution in [0.2, 0.25) is 0 Å². The molecular weight excluding hydrogens is 435 g/mol. The average Bonchev–Trinajstić information content (AvgIpc) is 2.82. The maximum atomic E-state index is 13.7.